The first kappa shape index (κ1) is 16.3. The average molecular weight is 302 g/mol. The third kappa shape index (κ3) is 3.22. The van der Waals surface area contributed by atoms with E-state index in [4.69, 9.17) is 10.6 Å². The lowest BCUT2D eigenvalue weighted by molar-refractivity contribution is -0.137. The second-order valence-electron chi connectivity index (χ2n) is 5.75. The second-order valence-corrected chi connectivity index (χ2v) is 5.75. The molecule has 21 heavy (non-hydrogen) atoms. The Labute approximate surface area is 122 Å². The van der Waals surface area contributed by atoms with Gasteiger partial charge in [-0.25, -0.2) is 0 Å². The molecule has 1 saturated heterocycles. The molecule has 6 heteroatoms. The Morgan fingerprint density at radius 1 is 1.10 bits per heavy atom. The number of rotatable bonds is 3. The number of ether oxygens (including phenoxy) is 1. The van der Waals surface area contributed by atoms with Crippen LogP contribution in [0.25, 0.3) is 0 Å². The number of halogens is 3. The van der Waals surface area contributed by atoms with Gasteiger partial charge in [0.15, 0.2) is 0 Å². The molecule has 0 spiro atoms. The maximum Gasteiger partial charge on any atom is 0.416 e. The summed E-state index contributed by atoms with van der Waals surface area (Å²) in [6.45, 7) is 6.05. The fourth-order valence-corrected chi connectivity index (χ4v) is 3.18. The summed E-state index contributed by atoms with van der Waals surface area (Å²) in [7, 11) is 0. The van der Waals surface area contributed by atoms with Crippen molar-refractivity contribution in [3.8, 4) is 0 Å². The van der Waals surface area contributed by atoms with Crippen molar-refractivity contribution in [3.63, 3.8) is 0 Å². The van der Waals surface area contributed by atoms with Gasteiger partial charge in [0, 0.05) is 5.92 Å². The number of hydrogen-bond acceptors (Lipinski definition) is 3. The summed E-state index contributed by atoms with van der Waals surface area (Å²) in [5, 5.41) is 0. The van der Waals surface area contributed by atoms with Crippen molar-refractivity contribution < 1.29 is 17.9 Å². The maximum atomic E-state index is 12.6. The molecule has 1 heterocycles. The fraction of sp³-hybridized carbons (Fsp3) is 0.600. The van der Waals surface area contributed by atoms with Crippen molar-refractivity contribution in [1.82, 2.24) is 5.43 Å². The Bertz CT molecular complexity index is 475. The number of nitrogens with two attached hydrogens (primary N) is 1. The highest BCUT2D eigenvalue weighted by molar-refractivity contribution is 5.27. The highest BCUT2D eigenvalue weighted by Crippen LogP contribution is 2.40. The van der Waals surface area contributed by atoms with Crippen molar-refractivity contribution in [3.05, 3.63) is 35.4 Å². The van der Waals surface area contributed by atoms with Crippen LogP contribution in [-0.2, 0) is 10.9 Å². The van der Waals surface area contributed by atoms with Crippen LogP contribution < -0.4 is 11.3 Å². The van der Waals surface area contributed by atoms with Gasteiger partial charge in [-0.3, -0.25) is 11.3 Å². The second kappa shape index (κ2) is 5.94. The van der Waals surface area contributed by atoms with Crippen molar-refractivity contribution in [2.75, 3.05) is 0 Å². The summed E-state index contributed by atoms with van der Waals surface area (Å²) in [6.07, 6.45) is -4.22. The average Bonchev–Trinajstić information content (AvgIpc) is 2.66. The fourth-order valence-electron chi connectivity index (χ4n) is 3.18. The van der Waals surface area contributed by atoms with Crippen LogP contribution in [0.15, 0.2) is 24.3 Å². The molecule has 5 unspecified atom stereocenters. The minimum absolute atomic E-state index is 0.00153. The van der Waals surface area contributed by atoms with Crippen LogP contribution in [0.3, 0.4) is 0 Å². The lowest BCUT2D eigenvalue weighted by Crippen LogP contribution is -2.38. The van der Waals surface area contributed by atoms with E-state index in [1.807, 2.05) is 13.8 Å². The van der Waals surface area contributed by atoms with E-state index in [0.29, 0.717) is 0 Å². The summed E-state index contributed by atoms with van der Waals surface area (Å²) < 4.78 is 43.6. The molecular formula is C15H21F3N2O. The van der Waals surface area contributed by atoms with E-state index < -0.39 is 11.7 Å². The zero-order valence-electron chi connectivity index (χ0n) is 12.3. The summed E-state index contributed by atoms with van der Waals surface area (Å²) in [5.41, 5.74) is 2.83. The molecule has 0 saturated carbocycles. The highest BCUT2D eigenvalue weighted by atomic mass is 19.4. The summed E-state index contributed by atoms with van der Waals surface area (Å²) >= 11 is 0. The van der Waals surface area contributed by atoms with Gasteiger partial charge in [-0.05, 0) is 37.5 Å². The predicted octanol–water partition coefficient (Wildman–Crippen LogP) is 3.27. The van der Waals surface area contributed by atoms with Crippen LogP contribution in [0, 0.1) is 11.8 Å². The summed E-state index contributed by atoms with van der Waals surface area (Å²) in [6, 6.07) is 4.91. The maximum absolute atomic E-state index is 12.6. The number of benzene rings is 1. The minimum Gasteiger partial charge on any atom is -0.375 e. The Kier molecular flexibility index (Phi) is 4.60. The molecular weight excluding hydrogens is 281 g/mol. The zero-order chi connectivity index (χ0) is 15.8. The molecule has 0 aliphatic carbocycles. The third-order valence-corrected chi connectivity index (χ3v) is 4.48. The van der Waals surface area contributed by atoms with E-state index in [9.17, 15) is 13.2 Å². The predicted molar refractivity (Wildman–Crippen MR) is 74.2 cm³/mol. The van der Waals surface area contributed by atoms with E-state index in [-0.39, 0.29) is 30.1 Å². The van der Waals surface area contributed by atoms with Crippen molar-refractivity contribution in [2.45, 2.75) is 45.2 Å². The standard InChI is InChI=1S/C15H21F3N2O/c1-8-9(2)21-10(3)13(8)14(20-19)11-4-6-12(7-5-11)15(16,17)18/h4-10,13-14,20H,19H2,1-3H3. The molecule has 1 fully saturated rings. The van der Waals surface area contributed by atoms with Crippen molar-refractivity contribution in [2.24, 2.45) is 17.7 Å². The Morgan fingerprint density at radius 2 is 1.67 bits per heavy atom. The first-order valence-electron chi connectivity index (χ1n) is 7.04. The van der Waals surface area contributed by atoms with Crippen LogP contribution in [0.5, 0.6) is 0 Å². The van der Waals surface area contributed by atoms with Gasteiger partial charge >= 0.3 is 6.18 Å². The molecule has 0 amide bonds. The van der Waals surface area contributed by atoms with Crippen molar-refractivity contribution in [1.29, 1.82) is 0 Å². The van der Waals surface area contributed by atoms with Gasteiger partial charge in [0.25, 0.3) is 0 Å². The van der Waals surface area contributed by atoms with E-state index in [1.54, 1.807) is 0 Å². The van der Waals surface area contributed by atoms with Gasteiger partial charge in [-0.15, -0.1) is 0 Å². The molecule has 3 N–H and O–H groups in total. The summed E-state index contributed by atoms with van der Waals surface area (Å²) in [4.78, 5) is 0. The van der Waals surface area contributed by atoms with E-state index in [2.05, 4.69) is 12.3 Å². The smallest absolute Gasteiger partial charge is 0.375 e. The molecule has 1 aromatic carbocycles. The third-order valence-electron chi connectivity index (χ3n) is 4.48. The molecule has 0 bridgehead atoms. The van der Waals surface area contributed by atoms with E-state index >= 15 is 0 Å². The van der Waals surface area contributed by atoms with Crippen LogP contribution in [0.2, 0.25) is 0 Å². The topological polar surface area (TPSA) is 47.3 Å². The molecule has 0 aromatic heterocycles. The molecule has 2 rings (SSSR count). The molecule has 0 radical (unpaired) electrons. The molecule has 1 aliphatic heterocycles. The first-order valence-corrected chi connectivity index (χ1v) is 7.04. The quantitative estimate of drug-likeness (QED) is 0.665. The minimum atomic E-state index is -4.32. The lowest BCUT2D eigenvalue weighted by atomic mass is 9.80. The molecule has 5 atom stereocenters. The SMILES string of the molecule is CC1OC(C)C(C(NN)c2ccc(C(F)(F)F)cc2)C1C. The monoisotopic (exact) mass is 302 g/mol. The zero-order valence-corrected chi connectivity index (χ0v) is 12.3. The lowest BCUT2D eigenvalue weighted by Gasteiger charge is -2.29. The van der Waals surface area contributed by atoms with E-state index in [0.717, 1.165) is 17.7 Å². The van der Waals surface area contributed by atoms with Crippen LogP contribution in [0.4, 0.5) is 13.2 Å². The van der Waals surface area contributed by atoms with Gasteiger partial charge in [0.1, 0.15) is 0 Å². The first-order chi connectivity index (χ1) is 9.75. The molecule has 3 nitrogen and oxygen atoms in total. The van der Waals surface area contributed by atoms with Crippen LogP contribution in [0.1, 0.15) is 37.9 Å². The molecule has 118 valence electrons. The Morgan fingerprint density at radius 3 is 2.05 bits per heavy atom. The van der Waals surface area contributed by atoms with Crippen LogP contribution >= 0.6 is 0 Å². The summed E-state index contributed by atoms with van der Waals surface area (Å²) in [5.74, 6) is 6.03. The van der Waals surface area contributed by atoms with E-state index in [1.165, 1.54) is 12.1 Å². The van der Waals surface area contributed by atoms with Gasteiger partial charge < -0.3 is 4.74 Å². The number of nitrogens with one attached hydrogen (secondary N) is 1. The van der Waals surface area contributed by atoms with Gasteiger partial charge in [-0.1, -0.05) is 19.1 Å². The Balaban J connectivity index is 2.26. The van der Waals surface area contributed by atoms with Crippen molar-refractivity contribution >= 4 is 0 Å². The Hall–Kier alpha value is -1.11. The van der Waals surface area contributed by atoms with Gasteiger partial charge in [-0.2, -0.15) is 13.2 Å². The molecule has 1 aliphatic rings. The molecule has 1 aromatic rings. The largest absolute Gasteiger partial charge is 0.416 e. The normalized spacial score (nSPS) is 31.4. The number of alkyl halides is 3. The van der Waals surface area contributed by atoms with Crippen LogP contribution in [-0.4, -0.2) is 12.2 Å². The number of hydrogen-bond donors (Lipinski definition) is 2. The number of hydrazine groups is 1. The van der Waals surface area contributed by atoms with Gasteiger partial charge in [0.05, 0.1) is 23.8 Å². The van der Waals surface area contributed by atoms with Gasteiger partial charge in [0.2, 0.25) is 0 Å². The highest BCUT2D eigenvalue weighted by Gasteiger charge is 2.42.